The maximum Gasteiger partial charge on any atom is 0.159 e. The smallest absolute Gasteiger partial charge is 0.159 e. The molecule has 1 aliphatic carbocycles. The van der Waals surface area contributed by atoms with Crippen LogP contribution >= 0.6 is 0 Å². The predicted octanol–water partition coefficient (Wildman–Crippen LogP) is 4.39. The minimum absolute atomic E-state index is 0.869. The maximum absolute atomic E-state index is 4.90. The monoisotopic (exact) mass is 321 g/mol. The zero-order chi connectivity index (χ0) is 16.4. The van der Waals surface area contributed by atoms with Crippen molar-refractivity contribution in [2.24, 2.45) is 5.92 Å². The fraction of sp³-hybridized carbons (Fsp3) is 0.524. The number of hydrogen-bond acceptors (Lipinski definition) is 3. The van der Waals surface area contributed by atoms with Gasteiger partial charge in [-0.1, -0.05) is 49.1 Å². The molecule has 0 atom stereocenters. The molecule has 3 nitrogen and oxygen atoms in total. The van der Waals surface area contributed by atoms with Crippen molar-refractivity contribution in [1.82, 2.24) is 14.9 Å². The van der Waals surface area contributed by atoms with Crippen LogP contribution in [0.4, 0.5) is 0 Å². The first kappa shape index (κ1) is 15.8. The van der Waals surface area contributed by atoms with Crippen molar-refractivity contribution < 1.29 is 0 Å². The predicted molar refractivity (Wildman–Crippen MR) is 97.8 cm³/mol. The molecule has 1 fully saturated rings. The van der Waals surface area contributed by atoms with Gasteiger partial charge in [0, 0.05) is 31.4 Å². The molecule has 1 saturated carbocycles. The van der Waals surface area contributed by atoms with Crippen molar-refractivity contribution in [2.75, 3.05) is 13.1 Å². The first-order chi connectivity index (χ1) is 11.8. The average Bonchev–Trinajstić information content (AvgIpc) is 2.63. The summed E-state index contributed by atoms with van der Waals surface area (Å²) in [7, 11) is 0. The first-order valence-corrected chi connectivity index (χ1v) is 9.42. The molecule has 24 heavy (non-hydrogen) atoms. The van der Waals surface area contributed by atoms with Gasteiger partial charge in [0.05, 0.1) is 5.69 Å². The summed E-state index contributed by atoms with van der Waals surface area (Å²) < 4.78 is 0. The molecular formula is C21H27N3. The van der Waals surface area contributed by atoms with Crippen LogP contribution in [0.5, 0.6) is 0 Å². The normalized spacial score (nSPS) is 19.2. The summed E-state index contributed by atoms with van der Waals surface area (Å²) in [5.41, 5.74) is 4.97. The van der Waals surface area contributed by atoms with E-state index in [1.165, 1.54) is 55.5 Å². The molecule has 0 unspecified atom stereocenters. The summed E-state index contributed by atoms with van der Waals surface area (Å²) in [4.78, 5) is 12.1. The highest BCUT2D eigenvalue weighted by Crippen LogP contribution is 2.27. The van der Waals surface area contributed by atoms with Crippen LogP contribution in [0.15, 0.2) is 30.5 Å². The third-order valence-electron chi connectivity index (χ3n) is 5.58. The number of nitrogens with zero attached hydrogens (tertiary/aromatic N) is 3. The minimum atomic E-state index is 0.869. The molecule has 126 valence electrons. The SMILES string of the molecule is Cc1ccc(-c2ncc3c(n2)CN(CC2CCCCC2)CC3)cc1. The lowest BCUT2D eigenvalue weighted by atomic mass is 9.88. The van der Waals surface area contributed by atoms with Crippen molar-refractivity contribution >= 4 is 0 Å². The lowest BCUT2D eigenvalue weighted by molar-refractivity contribution is 0.184. The van der Waals surface area contributed by atoms with Crippen LogP contribution < -0.4 is 0 Å². The number of rotatable bonds is 3. The average molecular weight is 321 g/mol. The number of hydrogen-bond donors (Lipinski definition) is 0. The van der Waals surface area contributed by atoms with Crippen molar-refractivity contribution in [3.8, 4) is 11.4 Å². The van der Waals surface area contributed by atoms with E-state index in [-0.39, 0.29) is 0 Å². The molecule has 1 aliphatic heterocycles. The lowest BCUT2D eigenvalue weighted by Crippen LogP contribution is -2.35. The quantitative estimate of drug-likeness (QED) is 0.839. The molecule has 1 aromatic heterocycles. The van der Waals surface area contributed by atoms with Gasteiger partial charge in [-0.2, -0.15) is 0 Å². The molecule has 1 aromatic carbocycles. The van der Waals surface area contributed by atoms with Gasteiger partial charge in [0.25, 0.3) is 0 Å². The summed E-state index contributed by atoms with van der Waals surface area (Å²) in [6.07, 6.45) is 10.3. The standard InChI is InChI=1S/C21H27N3/c1-16-7-9-18(10-8-16)21-22-13-19-11-12-24(15-20(19)23-21)14-17-5-3-2-4-6-17/h7-10,13,17H,2-6,11-12,14-15H2,1H3. The van der Waals surface area contributed by atoms with E-state index in [0.717, 1.165) is 36.8 Å². The van der Waals surface area contributed by atoms with Crippen LogP contribution in [-0.4, -0.2) is 28.0 Å². The van der Waals surface area contributed by atoms with E-state index in [1.807, 2.05) is 0 Å². The van der Waals surface area contributed by atoms with Gasteiger partial charge in [0.1, 0.15) is 0 Å². The van der Waals surface area contributed by atoms with E-state index in [4.69, 9.17) is 4.98 Å². The van der Waals surface area contributed by atoms with E-state index < -0.39 is 0 Å². The Morgan fingerprint density at radius 1 is 1.08 bits per heavy atom. The van der Waals surface area contributed by atoms with Crippen LogP contribution in [-0.2, 0) is 13.0 Å². The zero-order valence-corrected chi connectivity index (χ0v) is 14.7. The van der Waals surface area contributed by atoms with Crippen molar-refractivity contribution in [3.63, 3.8) is 0 Å². The van der Waals surface area contributed by atoms with Crippen molar-refractivity contribution in [2.45, 2.75) is 52.0 Å². The molecule has 0 spiro atoms. The number of aryl methyl sites for hydroxylation is 1. The van der Waals surface area contributed by atoms with Gasteiger partial charge in [-0.05, 0) is 37.7 Å². The Bertz CT molecular complexity index is 687. The molecule has 2 heterocycles. The molecular weight excluding hydrogens is 294 g/mol. The van der Waals surface area contributed by atoms with Crippen molar-refractivity contribution in [1.29, 1.82) is 0 Å². The minimum Gasteiger partial charge on any atom is -0.297 e. The summed E-state index contributed by atoms with van der Waals surface area (Å²) in [5, 5.41) is 0. The Balaban J connectivity index is 1.49. The second kappa shape index (κ2) is 7.02. The fourth-order valence-corrected chi connectivity index (χ4v) is 4.09. The van der Waals surface area contributed by atoms with Crippen molar-refractivity contribution in [3.05, 3.63) is 47.3 Å². The van der Waals surface area contributed by atoms with E-state index in [9.17, 15) is 0 Å². The molecule has 0 amide bonds. The van der Waals surface area contributed by atoms with Crippen LogP contribution in [0.25, 0.3) is 11.4 Å². The number of benzene rings is 1. The Morgan fingerprint density at radius 3 is 2.67 bits per heavy atom. The van der Waals surface area contributed by atoms with Crippen LogP contribution in [0.2, 0.25) is 0 Å². The zero-order valence-electron chi connectivity index (χ0n) is 14.7. The highest BCUT2D eigenvalue weighted by molar-refractivity contribution is 5.55. The second-order valence-corrected chi connectivity index (χ2v) is 7.52. The highest BCUT2D eigenvalue weighted by Gasteiger charge is 2.22. The number of aromatic nitrogens is 2. The molecule has 2 aromatic rings. The van der Waals surface area contributed by atoms with Crippen LogP contribution in [0.1, 0.15) is 48.9 Å². The summed E-state index contributed by atoms with van der Waals surface area (Å²) in [6.45, 7) is 5.52. The first-order valence-electron chi connectivity index (χ1n) is 9.42. The highest BCUT2D eigenvalue weighted by atomic mass is 15.1. The van der Waals surface area contributed by atoms with Gasteiger partial charge in [0.15, 0.2) is 5.82 Å². The van der Waals surface area contributed by atoms with Crippen LogP contribution in [0, 0.1) is 12.8 Å². The van der Waals surface area contributed by atoms with E-state index in [1.54, 1.807) is 0 Å². The number of fused-ring (bicyclic) bond motifs is 1. The molecule has 0 bridgehead atoms. The molecule has 2 aliphatic rings. The third kappa shape index (κ3) is 3.51. The van der Waals surface area contributed by atoms with Crippen LogP contribution in [0.3, 0.4) is 0 Å². The maximum atomic E-state index is 4.90. The Morgan fingerprint density at radius 2 is 1.88 bits per heavy atom. The van der Waals surface area contributed by atoms with Gasteiger partial charge in [-0.3, -0.25) is 4.90 Å². The third-order valence-corrected chi connectivity index (χ3v) is 5.58. The van der Waals surface area contributed by atoms with Gasteiger partial charge >= 0.3 is 0 Å². The molecule has 3 heteroatoms. The van der Waals surface area contributed by atoms with Gasteiger partial charge in [0.2, 0.25) is 0 Å². The Labute approximate surface area is 145 Å². The van der Waals surface area contributed by atoms with E-state index in [2.05, 4.69) is 47.3 Å². The fourth-order valence-electron chi connectivity index (χ4n) is 4.09. The summed E-state index contributed by atoms with van der Waals surface area (Å²) in [5.74, 6) is 1.77. The molecule has 0 N–H and O–H groups in total. The molecule has 0 radical (unpaired) electrons. The van der Waals surface area contributed by atoms with E-state index >= 15 is 0 Å². The largest absolute Gasteiger partial charge is 0.297 e. The van der Waals surface area contributed by atoms with Gasteiger partial charge in [-0.15, -0.1) is 0 Å². The Kier molecular flexibility index (Phi) is 4.61. The van der Waals surface area contributed by atoms with E-state index in [0.29, 0.717) is 0 Å². The lowest BCUT2D eigenvalue weighted by Gasteiger charge is -2.32. The molecule has 4 rings (SSSR count). The molecule has 0 saturated heterocycles. The topological polar surface area (TPSA) is 29.0 Å². The Hall–Kier alpha value is -1.74. The van der Waals surface area contributed by atoms with Gasteiger partial charge in [-0.25, -0.2) is 9.97 Å². The summed E-state index contributed by atoms with van der Waals surface area (Å²) >= 11 is 0. The van der Waals surface area contributed by atoms with Gasteiger partial charge < -0.3 is 0 Å². The second-order valence-electron chi connectivity index (χ2n) is 7.52. The summed E-state index contributed by atoms with van der Waals surface area (Å²) in [6, 6.07) is 8.51.